The molecule has 3 atom stereocenters. The summed E-state index contributed by atoms with van der Waals surface area (Å²) in [7, 11) is 2.64. The lowest BCUT2D eigenvalue weighted by molar-refractivity contribution is 0.0697. The van der Waals surface area contributed by atoms with E-state index in [1.807, 2.05) is 30.5 Å². The highest BCUT2D eigenvalue weighted by molar-refractivity contribution is 7.13. The average Bonchev–Trinajstić information content (AvgIpc) is 2.98. The Balaban J connectivity index is 1.58. The minimum Gasteiger partial charge on any atom is -0.478 e. The molecule has 150 valence electrons. The summed E-state index contributed by atoms with van der Waals surface area (Å²) in [5, 5.41) is 17.0. The maximum Gasteiger partial charge on any atom is 0.335 e. The van der Waals surface area contributed by atoms with Crippen LogP contribution in [-0.4, -0.2) is 33.1 Å². The van der Waals surface area contributed by atoms with E-state index in [0.29, 0.717) is 18.0 Å². The molecule has 7 heteroatoms. The SMILES string of the molecule is O=C(O)c1cccc(-c2ccc3nc(NC4CCCCC[C@H]4NP)ncc3c2)c1. The highest BCUT2D eigenvalue weighted by Gasteiger charge is 2.23. The summed E-state index contributed by atoms with van der Waals surface area (Å²) in [4.78, 5) is 20.5. The van der Waals surface area contributed by atoms with Crippen LogP contribution in [0.3, 0.4) is 0 Å². The first-order valence-corrected chi connectivity index (χ1v) is 10.5. The molecule has 6 nitrogen and oxygen atoms in total. The molecular weight excluding hydrogens is 383 g/mol. The Morgan fingerprint density at radius 2 is 1.83 bits per heavy atom. The number of aromatic nitrogens is 2. The molecule has 0 amide bonds. The number of carbonyl (C=O) groups is 1. The topological polar surface area (TPSA) is 87.1 Å². The predicted octanol–water partition coefficient (Wildman–Crippen LogP) is 4.49. The zero-order valence-electron chi connectivity index (χ0n) is 16.1. The first-order valence-electron chi connectivity index (χ1n) is 9.97. The average molecular weight is 408 g/mol. The van der Waals surface area contributed by atoms with Crippen molar-refractivity contribution in [1.29, 1.82) is 0 Å². The molecule has 1 saturated carbocycles. The van der Waals surface area contributed by atoms with Crippen molar-refractivity contribution in [2.24, 2.45) is 0 Å². The van der Waals surface area contributed by atoms with Crippen LogP contribution in [0.15, 0.2) is 48.7 Å². The standard InChI is InChI=1S/C22H25N4O2P/c27-21(28)16-6-4-5-14(11-16)15-9-10-18-17(12-15)13-23-22(24-18)25-19-7-2-1-3-8-20(19)26-29/h4-6,9-13,19-20,26H,1-3,7-8,29H2,(H,27,28)(H,23,24,25)/t19?,20-/m1/s1. The number of nitrogens with one attached hydrogen (secondary N) is 2. The largest absolute Gasteiger partial charge is 0.478 e. The molecule has 1 aliphatic rings. The van der Waals surface area contributed by atoms with Crippen LogP contribution in [0.4, 0.5) is 5.95 Å². The van der Waals surface area contributed by atoms with Gasteiger partial charge in [0.25, 0.3) is 0 Å². The summed E-state index contributed by atoms with van der Waals surface area (Å²) >= 11 is 0. The van der Waals surface area contributed by atoms with Gasteiger partial charge < -0.3 is 10.4 Å². The van der Waals surface area contributed by atoms with Gasteiger partial charge >= 0.3 is 5.97 Å². The number of rotatable bonds is 5. The fourth-order valence-corrected chi connectivity index (χ4v) is 4.36. The van der Waals surface area contributed by atoms with Gasteiger partial charge in [-0.25, -0.2) is 14.8 Å². The zero-order valence-corrected chi connectivity index (χ0v) is 17.3. The maximum absolute atomic E-state index is 11.2. The quantitative estimate of drug-likeness (QED) is 0.426. The van der Waals surface area contributed by atoms with Crippen LogP contribution >= 0.6 is 9.39 Å². The van der Waals surface area contributed by atoms with Gasteiger partial charge in [-0.05, 0) is 48.2 Å². The Hall–Kier alpha value is -2.56. The van der Waals surface area contributed by atoms with Crippen LogP contribution in [-0.2, 0) is 0 Å². The van der Waals surface area contributed by atoms with Crippen LogP contribution < -0.4 is 10.4 Å². The minimum atomic E-state index is -0.927. The molecule has 0 saturated heterocycles. The van der Waals surface area contributed by atoms with Crippen LogP contribution in [0.1, 0.15) is 42.5 Å². The van der Waals surface area contributed by atoms with Crippen LogP contribution in [0, 0.1) is 0 Å². The molecule has 2 aromatic carbocycles. The van der Waals surface area contributed by atoms with Crippen molar-refractivity contribution >= 4 is 32.2 Å². The number of carboxylic acid groups (broad SMARTS) is 1. The van der Waals surface area contributed by atoms with E-state index < -0.39 is 5.97 Å². The summed E-state index contributed by atoms with van der Waals surface area (Å²) in [6.07, 6.45) is 7.81. The van der Waals surface area contributed by atoms with Crippen molar-refractivity contribution in [3.8, 4) is 11.1 Å². The van der Waals surface area contributed by atoms with E-state index in [1.54, 1.807) is 18.2 Å². The summed E-state index contributed by atoms with van der Waals surface area (Å²) in [5.41, 5.74) is 2.95. The van der Waals surface area contributed by atoms with Crippen LogP contribution in [0.5, 0.6) is 0 Å². The zero-order chi connectivity index (χ0) is 20.2. The van der Waals surface area contributed by atoms with Gasteiger partial charge in [-0.1, -0.05) is 46.9 Å². The van der Waals surface area contributed by atoms with Gasteiger partial charge in [-0.3, -0.25) is 5.09 Å². The molecule has 1 aromatic heterocycles. The lowest BCUT2D eigenvalue weighted by Gasteiger charge is -2.25. The van der Waals surface area contributed by atoms with Gasteiger partial charge in [0.2, 0.25) is 5.95 Å². The number of anilines is 1. The third kappa shape index (κ3) is 4.55. The first kappa shape index (κ1) is 19.7. The van der Waals surface area contributed by atoms with E-state index in [2.05, 4.69) is 24.8 Å². The minimum absolute atomic E-state index is 0.277. The lowest BCUT2D eigenvalue weighted by Crippen LogP contribution is -2.39. The van der Waals surface area contributed by atoms with Crippen molar-refractivity contribution in [3.05, 3.63) is 54.2 Å². The molecule has 0 spiro atoms. The Morgan fingerprint density at radius 1 is 1.03 bits per heavy atom. The molecule has 0 aliphatic heterocycles. The molecule has 29 heavy (non-hydrogen) atoms. The lowest BCUT2D eigenvalue weighted by atomic mass is 10.0. The molecule has 2 unspecified atom stereocenters. The van der Waals surface area contributed by atoms with Crippen LogP contribution in [0.2, 0.25) is 0 Å². The maximum atomic E-state index is 11.2. The predicted molar refractivity (Wildman–Crippen MR) is 119 cm³/mol. The monoisotopic (exact) mass is 408 g/mol. The molecule has 3 N–H and O–H groups in total. The Bertz CT molecular complexity index is 1030. The van der Waals surface area contributed by atoms with Crippen molar-refractivity contribution in [1.82, 2.24) is 15.1 Å². The van der Waals surface area contributed by atoms with Gasteiger partial charge in [0, 0.05) is 23.7 Å². The van der Waals surface area contributed by atoms with Crippen LogP contribution in [0.25, 0.3) is 22.0 Å². The first-order chi connectivity index (χ1) is 14.1. The number of carboxylic acids is 1. The molecule has 3 aromatic rings. The second kappa shape index (κ2) is 8.85. The Labute approximate surface area is 172 Å². The highest BCUT2D eigenvalue weighted by atomic mass is 31.0. The number of hydrogen-bond acceptors (Lipinski definition) is 5. The molecule has 1 aliphatic carbocycles. The third-order valence-corrected chi connectivity index (χ3v) is 6.00. The number of fused-ring (bicyclic) bond motifs is 1. The van der Waals surface area contributed by atoms with Gasteiger partial charge in [0.1, 0.15) is 0 Å². The highest BCUT2D eigenvalue weighted by Crippen LogP contribution is 2.26. The summed E-state index contributed by atoms with van der Waals surface area (Å²) in [6.45, 7) is 0. The van der Waals surface area contributed by atoms with E-state index in [1.165, 1.54) is 19.3 Å². The van der Waals surface area contributed by atoms with E-state index in [-0.39, 0.29) is 5.56 Å². The van der Waals surface area contributed by atoms with Crippen molar-refractivity contribution in [2.45, 2.75) is 44.2 Å². The fraction of sp³-hybridized carbons (Fsp3) is 0.318. The molecule has 0 radical (unpaired) electrons. The third-order valence-electron chi connectivity index (χ3n) is 5.57. The van der Waals surface area contributed by atoms with Gasteiger partial charge in [0.15, 0.2) is 0 Å². The Morgan fingerprint density at radius 3 is 2.62 bits per heavy atom. The normalized spacial score (nSPS) is 19.6. The molecular formula is C22H25N4O2P. The second-order valence-electron chi connectivity index (χ2n) is 7.52. The van der Waals surface area contributed by atoms with E-state index in [4.69, 9.17) is 4.98 Å². The van der Waals surface area contributed by atoms with Crippen molar-refractivity contribution < 1.29 is 9.90 Å². The fourth-order valence-electron chi connectivity index (χ4n) is 3.96. The van der Waals surface area contributed by atoms with Crippen molar-refractivity contribution in [2.75, 3.05) is 5.32 Å². The second-order valence-corrected chi connectivity index (χ2v) is 7.85. The van der Waals surface area contributed by atoms with Crippen molar-refractivity contribution in [3.63, 3.8) is 0 Å². The Kier molecular flexibility index (Phi) is 6.02. The number of nitrogens with zero attached hydrogens (tertiary/aromatic N) is 2. The van der Waals surface area contributed by atoms with E-state index in [0.717, 1.165) is 34.9 Å². The van der Waals surface area contributed by atoms with Gasteiger partial charge in [0.05, 0.1) is 11.1 Å². The van der Waals surface area contributed by atoms with Gasteiger partial charge in [-0.15, -0.1) is 0 Å². The smallest absolute Gasteiger partial charge is 0.335 e. The summed E-state index contributed by atoms with van der Waals surface area (Å²) < 4.78 is 0. The van der Waals surface area contributed by atoms with E-state index >= 15 is 0 Å². The van der Waals surface area contributed by atoms with E-state index in [9.17, 15) is 9.90 Å². The molecule has 0 bridgehead atoms. The molecule has 4 rings (SSSR count). The molecule has 1 fully saturated rings. The summed E-state index contributed by atoms with van der Waals surface area (Å²) in [6, 6.07) is 13.6. The molecule has 1 heterocycles. The summed E-state index contributed by atoms with van der Waals surface area (Å²) in [5.74, 6) is -0.279. The van der Waals surface area contributed by atoms with Gasteiger partial charge in [-0.2, -0.15) is 0 Å². The number of aromatic carboxylic acids is 1. The number of hydrogen-bond donors (Lipinski definition) is 3. The number of benzene rings is 2.